The van der Waals surface area contributed by atoms with Gasteiger partial charge in [-0.1, -0.05) is 43.2 Å². The van der Waals surface area contributed by atoms with Crippen LogP contribution in [0, 0.1) is 5.92 Å². The van der Waals surface area contributed by atoms with Gasteiger partial charge in [0.05, 0.1) is 0 Å². The Kier molecular flexibility index (Phi) is 2.49. The highest BCUT2D eigenvalue weighted by molar-refractivity contribution is 5.23. The van der Waals surface area contributed by atoms with Gasteiger partial charge in [-0.2, -0.15) is 0 Å². The Morgan fingerprint density at radius 1 is 1.00 bits per heavy atom. The average molecular weight is 201 g/mol. The molecule has 2 aliphatic rings. The maximum atomic E-state index is 3.71. The summed E-state index contributed by atoms with van der Waals surface area (Å²) in [6.07, 6.45) is 5.69. The molecule has 1 aromatic rings. The molecule has 1 aromatic carbocycles. The Balaban J connectivity index is 1.82. The summed E-state index contributed by atoms with van der Waals surface area (Å²) in [5.74, 6) is 1.68. The van der Waals surface area contributed by atoms with Gasteiger partial charge in [0, 0.05) is 18.5 Å². The van der Waals surface area contributed by atoms with Crippen molar-refractivity contribution in [3.05, 3.63) is 35.9 Å². The van der Waals surface area contributed by atoms with Gasteiger partial charge in [-0.25, -0.2) is 0 Å². The van der Waals surface area contributed by atoms with E-state index in [1.54, 1.807) is 5.56 Å². The molecule has 1 saturated heterocycles. The van der Waals surface area contributed by atoms with Crippen molar-refractivity contribution in [1.29, 1.82) is 0 Å². The molecular weight excluding hydrogens is 182 g/mol. The molecule has 80 valence electrons. The zero-order chi connectivity index (χ0) is 10.1. The number of nitrogens with one attached hydrogen (secondary N) is 1. The third-order valence-electron chi connectivity index (χ3n) is 4.16. The van der Waals surface area contributed by atoms with Crippen LogP contribution in [0.15, 0.2) is 30.3 Å². The van der Waals surface area contributed by atoms with E-state index in [2.05, 4.69) is 35.6 Å². The van der Waals surface area contributed by atoms with E-state index in [0.29, 0.717) is 0 Å². The Labute approximate surface area is 91.9 Å². The molecule has 0 radical (unpaired) electrons. The lowest BCUT2D eigenvalue weighted by Gasteiger charge is -2.28. The molecule has 0 aromatic heterocycles. The van der Waals surface area contributed by atoms with E-state index in [4.69, 9.17) is 0 Å². The summed E-state index contributed by atoms with van der Waals surface area (Å²) >= 11 is 0. The highest BCUT2D eigenvalue weighted by atomic mass is 15.0. The van der Waals surface area contributed by atoms with Gasteiger partial charge in [-0.3, -0.25) is 0 Å². The Morgan fingerprint density at radius 3 is 2.67 bits per heavy atom. The third-order valence-corrected chi connectivity index (χ3v) is 4.16. The number of hydrogen-bond acceptors (Lipinski definition) is 1. The van der Waals surface area contributed by atoms with Crippen LogP contribution in [0.5, 0.6) is 0 Å². The first-order valence-corrected chi connectivity index (χ1v) is 6.23. The molecule has 1 aliphatic carbocycles. The van der Waals surface area contributed by atoms with Crippen molar-refractivity contribution in [3.8, 4) is 0 Å². The molecule has 1 N–H and O–H groups in total. The molecule has 1 saturated carbocycles. The molecule has 3 rings (SSSR count). The third kappa shape index (κ3) is 1.69. The Bertz CT molecular complexity index is 319. The van der Waals surface area contributed by atoms with Crippen LogP contribution < -0.4 is 5.32 Å². The lowest BCUT2D eigenvalue weighted by molar-refractivity contribution is 0.308. The molecule has 3 atom stereocenters. The van der Waals surface area contributed by atoms with E-state index in [1.165, 1.54) is 32.2 Å². The Morgan fingerprint density at radius 2 is 1.80 bits per heavy atom. The van der Waals surface area contributed by atoms with Crippen molar-refractivity contribution in [2.24, 2.45) is 5.92 Å². The quantitative estimate of drug-likeness (QED) is 0.736. The first-order chi connectivity index (χ1) is 7.45. The monoisotopic (exact) mass is 201 g/mol. The van der Waals surface area contributed by atoms with Gasteiger partial charge < -0.3 is 5.32 Å². The fourth-order valence-corrected chi connectivity index (χ4v) is 3.39. The minimum atomic E-state index is 0.775. The number of rotatable bonds is 1. The molecular formula is C14H19N. The predicted molar refractivity (Wildman–Crippen MR) is 62.9 cm³/mol. The molecule has 1 heteroatoms. The lowest BCUT2D eigenvalue weighted by Crippen LogP contribution is -2.29. The fraction of sp³-hybridized carbons (Fsp3) is 0.571. The summed E-state index contributed by atoms with van der Waals surface area (Å²) in [6.45, 7) is 1.19. The first kappa shape index (κ1) is 9.41. The van der Waals surface area contributed by atoms with Crippen LogP contribution in [0.4, 0.5) is 0 Å². The van der Waals surface area contributed by atoms with Gasteiger partial charge in [0.25, 0.3) is 0 Å². The highest BCUT2D eigenvalue weighted by Crippen LogP contribution is 2.39. The predicted octanol–water partition coefficient (Wildman–Crippen LogP) is 2.93. The molecule has 0 unspecified atom stereocenters. The lowest BCUT2D eigenvalue weighted by atomic mass is 9.77. The Hall–Kier alpha value is -0.820. The van der Waals surface area contributed by atoms with Gasteiger partial charge in [-0.05, 0) is 24.3 Å². The summed E-state index contributed by atoms with van der Waals surface area (Å²) in [7, 11) is 0. The van der Waals surface area contributed by atoms with E-state index >= 15 is 0 Å². The molecule has 1 heterocycles. The topological polar surface area (TPSA) is 12.0 Å². The molecule has 15 heavy (non-hydrogen) atoms. The zero-order valence-electron chi connectivity index (χ0n) is 9.15. The van der Waals surface area contributed by atoms with Crippen molar-refractivity contribution >= 4 is 0 Å². The second-order valence-corrected chi connectivity index (χ2v) is 4.98. The van der Waals surface area contributed by atoms with Crippen LogP contribution in [0.25, 0.3) is 0 Å². The van der Waals surface area contributed by atoms with E-state index in [0.717, 1.165) is 17.9 Å². The summed E-state index contributed by atoms with van der Waals surface area (Å²) in [6, 6.07) is 11.9. The van der Waals surface area contributed by atoms with Crippen LogP contribution in [0.1, 0.15) is 37.2 Å². The van der Waals surface area contributed by atoms with E-state index < -0.39 is 0 Å². The van der Waals surface area contributed by atoms with E-state index in [-0.39, 0.29) is 0 Å². The molecule has 2 fully saturated rings. The van der Waals surface area contributed by atoms with Gasteiger partial charge in [0.1, 0.15) is 0 Å². The summed E-state index contributed by atoms with van der Waals surface area (Å²) < 4.78 is 0. The van der Waals surface area contributed by atoms with Gasteiger partial charge >= 0.3 is 0 Å². The standard InChI is InChI=1S/C14H19N/c1-2-6-11(7-3-1)13-10-15-14-9-5-4-8-12(13)14/h1-3,6-7,12-15H,4-5,8-10H2/t12-,13-,14+/m1/s1. The highest BCUT2D eigenvalue weighted by Gasteiger charge is 2.37. The summed E-state index contributed by atoms with van der Waals surface area (Å²) in [5.41, 5.74) is 1.54. The van der Waals surface area contributed by atoms with Crippen molar-refractivity contribution in [2.75, 3.05) is 6.54 Å². The van der Waals surface area contributed by atoms with Crippen molar-refractivity contribution < 1.29 is 0 Å². The van der Waals surface area contributed by atoms with Gasteiger partial charge in [0.15, 0.2) is 0 Å². The SMILES string of the molecule is c1ccc([C@H]2CN[C@H]3CCCC[C@@H]32)cc1. The smallest absolute Gasteiger partial charge is 0.0102 e. The van der Waals surface area contributed by atoms with Crippen molar-refractivity contribution in [2.45, 2.75) is 37.6 Å². The number of fused-ring (bicyclic) bond motifs is 1. The van der Waals surface area contributed by atoms with Crippen LogP contribution in [0.2, 0.25) is 0 Å². The second-order valence-electron chi connectivity index (χ2n) is 4.98. The van der Waals surface area contributed by atoms with Gasteiger partial charge in [-0.15, -0.1) is 0 Å². The van der Waals surface area contributed by atoms with Crippen LogP contribution >= 0.6 is 0 Å². The normalized spacial score (nSPS) is 35.1. The second kappa shape index (κ2) is 3.97. The average Bonchev–Trinajstić information content (AvgIpc) is 2.74. The number of hydrogen-bond donors (Lipinski definition) is 1. The van der Waals surface area contributed by atoms with Gasteiger partial charge in [0.2, 0.25) is 0 Å². The molecule has 0 amide bonds. The van der Waals surface area contributed by atoms with Crippen molar-refractivity contribution in [1.82, 2.24) is 5.32 Å². The molecule has 0 spiro atoms. The van der Waals surface area contributed by atoms with Crippen LogP contribution in [-0.2, 0) is 0 Å². The van der Waals surface area contributed by atoms with Crippen molar-refractivity contribution in [3.63, 3.8) is 0 Å². The van der Waals surface area contributed by atoms with E-state index in [9.17, 15) is 0 Å². The zero-order valence-corrected chi connectivity index (χ0v) is 9.15. The summed E-state index contributed by atoms with van der Waals surface area (Å²) in [4.78, 5) is 0. The maximum absolute atomic E-state index is 3.71. The molecule has 1 nitrogen and oxygen atoms in total. The van der Waals surface area contributed by atoms with Crippen LogP contribution in [0.3, 0.4) is 0 Å². The number of benzene rings is 1. The fourth-order valence-electron chi connectivity index (χ4n) is 3.39. The minimum Gasteiger partial charge on any atom is -0.313 e. The first-order valence-electron chi connectivity index (χ1n) is 6.23. The largest absolute Gasteiger partial charge is 0.313 e. The summed E-state index contributed by atoms with van der Waals surface area (Å²) in [5, 5.41) is 3.71. The molecule has 0 bridgehead atoms. The van der Waals surface area contributed by atoms with E-state index in [1.807, 2.05) is 0 Å². The van der Waals surface area contributed by atoms with Crippen LogP contribution in [-0.4, -0.2) is 12.6 Å². The maximum Gasteiger partial charge on any atom is 0.0102 e. The molecule has 1 aliphatic heterocycles. The minimum absolute atomic E-state index is 0.775.